The average Bonchev–Trinajstić information content (AvgIpc) is 2.84. The second kappa shape index (κ2) is 5.95. The largest absolute Gasteiger partial charge is 0.308 e. The maximum absolute atomic E-state index is 10.6. The number of nitrogens with zero attached hydrogens (tertiary/aromatic N) is 1. The number of benzene rings is 1. The van der Waals surface area contributed by atoms with Crippen LogP contribution in [0.1, 0.15) is 10.4 Å². The zero-order valence-corrected chi connectivity index (χ0v) is 11.0. The number of nitro groups is 1. The molecule has 2 aromatic rings. The molecule has 2 rings (SSSR count). The average molecular weight is 283 g/mol. The molecule has 4 nitrogen and oxygen atoms in total. The Kier molecular flexibility index (Phi) is 4.30. The highest BCUT2D eigenvalue weighted by Crippen LogP contribution is 2.22. The standard InChI is InChI=1S/C12H11ClN2O2S/c13-12-6-10(15(16)17)4-3-9(12)7-14-8-11-2-1-5-18-11/h1-6,14H,7-8H2. The molecule has 1 aromatic heterocycles. The van der Waals surface area contributed by atoms with Gasteiger partial charge in [-0.3, -0.25) is 10.1 Å². The fraction of sp³-hybridized carbons (Fsp3) is 0.167. The first-order valence-corrected chi connectivity index (χ1v) is 6.58. The maximum Gasteiger partial charge on any atom is 0.270 e. The fourth-order valence-electron chi connectivity index (χ4n) is 1.53. The lowest BCUT2D eigenvalue weighted by molar-refractivity contribution is -0.384. The lowest BCUT2D eigenvalue weighted by Crippen LogP contribution is -2.12. The summed E-state index contributed by atoms with van der Waals surface area (Å²) in [6, 6.07) is 8.58. The molecule has 0 atom stereocenters. The summed E-state index contributed by atoms with van der Waals surface area (Å²) in [5.74, 6) is 0. The highest BCUT2D eigenvalue weighted by molar-refractivity contribution is 7.09. The van der Waals surface area contributed by atoms with Crippen LogP contribution in [0.5, 0.6) is 0 Å². The van der Waals surface area contributed by atoms with E-state index in [-0.39, 0.29) is 5.69 Å². The van der Waals surface area contributed by atoms with Gasteiger partial charge in [0.15, 0.2) is 0 Å². The zero-order valence-electron chi connectivity index (χ0n) is 9.43. The Labute approximate surface area is 113 Å². The smallest absolute Gasteiger partial charge is 0.270 e. The lowest BCUT2D eigenvalue weighted by atomic mass is 10.2. The van der Waals surface area contributed by atoms with Crippen LogP contribution >= 0.6 is 22.9 Å². The van der Waals surface area contributed by atoms with Crippen molar-refractivity contribution in [3.63, 3.8) is 0 Å². The highest BCUT2D eigenvalue weighted by atomic mass is 35.5. The van der Waals surface area contributed by atoms with Crippen molar-refractivity contribution >= 4 is 28.6 Å². The maximum atomic E-state index is 10.6. The SMILES string of the molecule is O=[N+]([O-])c1ccc(CNCc2cccs2)c(Cl)c1. The second-order valence-electron chi connectivity index (χ2n) is 3.72. The van der Waals surface area contributed by atoms with E-state index in [0.717, 1.165) is 12.1 Å². The summed E-state index contributed by atoms with van der Waals surface area (Å²) in [5, 5.41) is 16.3. The first-order chi connectivity index (χ1) is 8.66. The van der Waals surface area contributed by atoms with Crippen LogP contribution in [0.2, 0.25) is 5.02 Å². The van der Waals surface area contributed by atoms with Crippen LogP contribution < -0.4 is 5.32 Å². The quantitative estimate of drug-likeness (QED) is 0.673. The van der Waals surface area contributed by atoms with E-state index in [9.17, 15) is 10.1 Å². The first kappa shape index (κ1) is 13.0. The Morgan fingerprint density at radius 3 is 2.78 bits per heavy atom. The second-order valence-corrected chi connectivity index (χ2v) is 5.16. The number of nitro benzene ring substituents is 1. The molecule has 0 saturated carbocycles. The van der Waals surface area contributed by atoms with Crippen LogP contribution in [0.25, 0.3) is 0 Å². The van der Waals surface area contributed by atoms with Crippen LogP contribution in [0.4, 0.5) is 5.69 Å². The molecule has 0 aliphatic heterocycles. The summed E-state index contributed by atoms with van der Waals surface area (Å²) >= 11 is 7.68. The van der Waals surface area contributed by atoms with Crippen LogP contribution in [-0.4, -0.2) is 4.92 Å². The van der Waals surface area contributed by atoms with Gasteiger partial charge in [-0.15, -0.1) is 11.3 Å². The monoisotopic (exact) mass is 282 g/mol. The van der Waals surface area contributed by atoms with Gasteiger partial charge in [0, 0.05) is 30.1 Å². The third-order valence-electron chi connectivity index (χ3n) is 2.44. The van der Waals surface area contributed by atoms with Crippen LogP contribution in [0.15, 0.2) is 35.7 Å². The molecule has 0 spiro atoms. The fourth-order valence-corrected chi connectivity index (χ4v) is 2.44. The van der Waals surface area contributed by atoms with Crippen molar-refractivity contribution in [2.75, 3.05) is 0 Å². The molecule has 1 heterocycles. The van der Waals surface area contributed by atoms with E-state index >= 15 is 0 Å². The molecule has 0 bridgehead atoms. The molecule has 0 radical (unpaired) electrons. The van der Waals surface area contributed by atoms with Crippen molar-refractivity contribution in [3.8, 4) is 0 Å². The topological polar surface area (TPSA) is 55.2 Å². The predicted octanol–water partition coefficient (Wildman–Crippen LogP) is 3.60. The lowest BCUT2D eigenvalue weighted by Gasteiger charge is -2.05. The van der Waals surface area contributed by atoms with Gasteiger partial charge < -0.3 is 5.32 Å². The number of nitrogens with one attached hydrogen (secondary N) is 1. The van der Waals surface area contributed by atoms with Gasteiger partial charge in [-0.25, -0.2) is 0 Å². The molecule has 0 saturated heterocycles. The van der Waals surface area contributed by atoms with Gasteiger partial charge in [0.1, 0.15) is 0 Å². The van der Waals surface area contributed by atoms with Crippen molar-refractivity contribution in [2.24, 2.45) is 0 Å². The van der Waals surface area contributed by atoms with E-state index < -0.39 is 4.92 Å². The van der Waals surface area contributed by atoms with Gasteiger partial charge in [0.25, 0.3) is 5.69 Å². The normalized spacial score (nSPS) is 10.5. The molecule has 0 aliphatic carbocycles. The van der Waals surface area contributed by atoms with Crippen LogP contribution in [0.3, 0.4) is 0 Å². The molecular formula is C12H11ClN2O2S. The molecule has 94 valence electrons. The van der Waals surface area contributed by atoms with E-state index in [4.69, 9.17) is 11.6 Å². The number of halogens is 1. The molecule has 18 heavy (non-hydrogen) atoms. The Morgan fingerprint density at radius 2 is 2.17 bits per heavy atom. The minimum atomic E-state index is -0.450. The van der Waals surface area contributed by atoms with Crippen molar-refractivity contribution in [3.05, 3.63) is 61.3 Å². The van der Waals surface area contributed by atoms with Gasteiger partial charge >= 0.3 is 0 Å². The van der Waals surface area contributed by atoms with Crippen LogP contribution in [0, 0.1) is 10.1 Å². The first-order valence-electron chi connectivity index (χ1n) is 5.33. The number of hydrogen-bond donors (Lipinski definition) is 1. The van der Waals surface area contributed by atoms with E-state index in [1.807, 2.05) is 11.4 Å². The zero-order chi connectivity index (χ0) is 13.0. The van der Waals surface area contributed by atoms with Crippen LogP contribution in [-0.2, 0) is 13.1 Å². The molecule has 0 amide bonds. The Morgan fingerprint density at radius 1 is 1.33 bits per heavy atom. The Hall–Kier alpha value is -1.43. The van der Waals surface area contributed by atoms with Crippen molar-refractivity contribution in [1.82, 2.24) is 5.32 Å². The number of thiophene rings is 1. The minimum absolute atomic E-state index is 0.0157. The summed E-state index contributed by atoms with van der Waals surface area (Å²) in [6.07, 6.45) is 0. The molecule has 0 unspecified atom stereocenters. The molecule has 6 heteroatoms. The van der Waals surface area contributed by atoms with Gasteiger partial charge in [0.2, 0.25) is 0 Å². The van der Waals surface area contributed by atoms with Gasteiger partial charge in [-0.2, -0.15) is 0 Å². The summed E-state index contributed by atoms with van der Waals surface area (Å²) in [5.41, 5.74) is 0.876. The summed E-state index contributed by atoms with van der Waals surface area (Å²) < 4.78 is 0. The third-order valence-corrected chi connectivity index (χ3v) is 3.67. The van der Waals surface area contributed by atoms with Gasteiger partial charge in [0.05, 0.1) is 9.95 Å². The van der Waals surface area contributed by atoms with Crippen molar-refractivity contribution in [1.29, 1.82) is 0 Å². The van der Waals surface area contributed by atoms with E-state index in [1.165, 1.54) is 17.0 Å². The number of non-ortho nitro benzene ring substituents is 1. The van der Waals surface area contributed by atoms with E-state index in [2.05, 4.69) is 11.4 Å². The summed E-state index contributed by atoms with van der Waals surface area (Å²) in [7, 11) is 0. The molecule has 1 N–H and O–H groups in total. The van der Waals surface area contributed by atoms with Crippen molar-refractivity contribution < 1.29 is 4.92 Å². The van der Waals surface area contributed by atoms with Gasteiger partial charge in [-0.1, -0.05) is 17.7 Å². The number of hydrogen-bond acceptors (Lipinski definition) is 4. The summed E-state index contributed by atoms with van der Waals surface area (Å²) in [6.45, 7) is 1.36. The minimum Gasteiger partial charge on any atom is -0.308 e. The molecular weight excluding hydrogens is 272 g/mol. The van der Waals surface area contributed by atoms with Gasteiger partial charge in [-0.05, 0) is 23.1 Å². The van der Waals surface area contributed by atoms with E-state index in [0.29, 0.717) is 11.6 Å². The van der Waals surface area contributed by atoms with E-state index in [1.54, 1.807) is 17.4 Å². The Bertz CT molecular complexity index is 543. The number of rotatable bonds is 5. The molecule has 0 aliphatic rings. The molecule has 1 aromatic carbocycles. The Balaban J connectivity index is 1.95. The molecule has 0 fully saturated rings. The third kappa shape index (κ3) is 3.29. The highest BCUT2D eigenvalue weighted by Gasteiger charge is 2.08. The predicted molar refractivity (Wildman–Crippen MR) is 73.0 cm³/mol. The summed E-state index contributed by atoms with van der Waals surface area (Å²) in [4.78, 5) is 11.4. The van der Waals surface area contributed by atoms with Crippen molar-refractivity contribution in [2.45, 2.75) is 13.1 Å².